The minimum atomic E-state index is -2.03. The lowest BCUT2D eigenvalue weighted by Crippen LogP contribution is -2.66. The van der Waals surface area contributed by atoms with E-state index in [0.29, 0.717) is 11.5 Å². The predicted octanol–water partition coefficient (Wildman–Crippen LogP) is 4.01. The van der Waals surface area contributed by atoms with Crippen molar-refractivity contribution in [3.8, 4) is 23.0 Å². The number of nitrogens with zero attached hydrogens (tertiary/aromatic N) is 3. The maximum absolute atomic E-state index is 14.4. The van der Waals surface area contributed by atoms with Crippen LogP contribution in [-0.2, 0) is 47.8 Å². The highest BCUT2D eigenvalue weighted by Gasteiger charge is 2.66. The number of fused-ring (bicyclic) bond motifs is 1. The van der Waals surface area contributed by atoms with Gasteiger partial charge in [-0.3, -0.25) is 23.6 Å². The van der Waals surface area contributed by atoms with Gasteiger partial charge in [-0.05, 0) is 68.3 Å². The Balaban J connectivity index is 1.44. The number of halogens is 1. The van der Waals surface area contributed by atoms with Gasteiger partial charge in [-0.2, -0.15) is 0 Å². The van der Waals surface area contributed by atoms with Gasteiger partial charge in [0, 0.05) is 24.9 Å². The predicted molar refractivity (Wildman–Crippen MR) is 215 cm³/mol. The number of ether oxygens (including phenoxy) is 5. The molecule has 0 saturated carbocycles. The standard InChI is InChI=1S/C38H42BClN4O11S2/c1-37(2,3)54-36(48)43(17-18-56-38(35(47)55-39)21-44-32(45)29(41)34(44)57(38)49)33(46)30(42-4)26-15-16-27(52-19-22-7-11-24(50-5)12-8-22)31(28(26)40)53-20-23-9-13-25(51-6)14-10-23/h7-16,29,34H,17-21,41H2,1-6H3/t29-,34-,38?,57?/m1/s1. The first kappa shape index (κ1) is 43.3. The van der Waals surface area contributed by atoms with Gasteiger partial charge in [0.1, 0.15) is 47.4 Å². The van der Waals surface area contributed by atoms with Gasteiger partial charge in [-0.15, -0.1) is 11.8 Å². The summed E-state index contributed by atoms with van der Waals surface area (Å²) in [7, 11) is 7.69. The van der Waals surface area contributed by atoms with Gasteiger partial charge < -0.3 is 39.0 Å². The largest absolute Gasteiger partial charge is 0.542 e. The van der Waals surface area contributed by atoms with Crippen molar-refractivity contribution in [2.75, 3.05) is 40.1 Å². The molecule has 2 unspecified atom stereocenters. The Labute approximate surface area is 343 Å². The van der Waals surface area contributed by atoms with E-state index in [4.69, 9.17) is 49.1 Å². The molecule has 0 aromatic heterocycles. The van der Waals surface area contributed by atoms with Crippen molar-refractivity contribution in [2.45, 2.75) is 55.1 Å². The molecule has 2 N–H and O–H groups in total. The lowest BCUT2D eigenvalue weighted by molar-refractivity contribution is -0.144. The molecule has 3 aromatic carbocycles. The van der Waals surface area contributed by atoms with Crippen molar-refractivity contribution in [3.63, 3.8) is 0 Å². The number of hydrogen-bond donors (Lipinski definition) is 1. The van der Waals surface area contributed by atoms with Crippen LogP contribution >= 0.6 is 23.4 Å². The first-order chi connectivity index (χ1) is 27.1. The number of aliphatic imine (C=N–C) groups is 1. The van der Waals surface area contributed by atoms with Crippen molar-refractivity contribution in [1.29, 1.82) is 0 Å². The molecule has 0 aliphatic carbocycles. The molecule has 2 saturated heterocycles. The van der Waals surface area contributed by atoms with E-state index in [9.17, 15) is 23.4 Å². The molecular weight excluding hydrogens is 799 g/mol. The third-order valence-electron chi connectivity index (χ3n) is 8.87. The second-order valence-electron chi connectivity index (χ2n) is 13.7. The second-order valence-corrected chi connectivity index (χ2v) is 17.5. The molecule has 3 amide bonds. The van der Waals surface area contributed by atoms with Gasteiger partial charge in [-0.1, -0.05) is 35.9 Å². The Bertz CT molecular complexity index is 2050. The monoisotopic (exact) mass is 840 g/mol. The zero-order chi connectivity index (χ0) is 41.7. The molecule has 57 heavy (non-hydrogen) atoms. The van der Waals surface area contributed by atoms with E-state index < -0.39 is 55.8 Å². The summed E-state index contributed by atoms with van der Waals surface area (Å²) < 4.78 is 44.8. The van der Waals surface area contributed by atoms with E-state index in [1.807, 2.05) is 24.3 Å². The molecule has 2 fully saturated rings. The lowest BCUT2D eigenvalue weighted by Gasteiger charge is -2.38. The minimum Gasteiger partial charge on any atom is -0.542 e. The smallest absolute Gasteiger partial charge is 0.417 e. The Morgan fingerprint density at radius 2 is 1.58 bits per heavy atom. The molecule has 2 heterocycles. The molecule has 3 aromatic rings. The lowest BCUT2D eigenvalue weighted by atomic mass is 10.1. The van der Waals surface area contributed by atoms with E-state index in [-0.39, 0.29) is 59.9 Å². The van der Waals surface area contributed by atoms with Crippen molar-refractivity contribution >= 4 is 71.8 Å². The molecule has 19 heteroatoms. The van der Waals surface area contributed by atoms with Crippen LogP contribution in [0, 0.1) is 0 Å². The van der Waals surface area contributed by atoms with Gasteiger partial charge in [-0.25, -0.2) is 9.69 Å². The summed E-state index contributed by atoms with van der Waals surface area (Å²) in [5, 5.41) is -0.947. The van der Waals surface area contributed by atoms with Crippen molar-refractivity contribution in [2.24, 2.45) is 10.7 Å². The van der Waals surface area contributed by atoms with Crippen LogP contribution < -0.4 is 24.7 Å². The van der Waals surface area contributed by atoms with Gasteiger partial charge in [0.05, 0.1) is 36.6 Å². The van der Waals surface area contributed by atoms with Gasteiger partial charge >= 0.3 is 20.1 Å². The van der Waals surface area contributed by atoms with E-state index in [1.54, 1.807) is 65.3 Å². The van der Waals surface area contributed by atoms with E-state index in [2.05, 4.69) is 9.65 Å². The van der Waals surface area contributed by atoms with Gasteiger partial charge in [0.15, 0.2) is 11.5 Å². The minimum absolute atomic E-state index is 0.0280. The fraction of sp³-hybridized carbons (Fsp3) is 0.395. The highest BCUT2D eigenvalue weighted by molar-refractivity contribution is 8.14. The number of methoxy groups -OCH3 is 2. The van der Waals surface area contributed by atoms with Crippen LogP contribution in [0.2, 0.25) is 5.02 Å². The Kier molecular flexibility index (Phi) is 13.9. The number of carbonyl (C=O) groups excluding carboxylic acids is 4. The van der Waals surface area contributed by atoms with Crippen molar-refractivity contribution in [3.05, 3.63) is 82.4 Å². The molecule has 0 bridgehead atoms. The maximum Gasteiger partial charge on any atom is 0.417 e. The Morgan fingerprint density at radius 1 is 1.00 bits per heavy atom. The molecular formula is C38H42BClN4O11S2. The second kappa shape index (κ2) is 18.2. The molecule has 0 spiro atoms. The van der Waals surface area contributed by atoms with Crippen LogP contribution in [0.5, 0.6) is 23.0 Å². The summed E-state index contributed by atoms with van der Waals surface area (Å²) in [6.07, 6.45) is -1.02. The Morgan fingerprint density at radius 3 is 2.09 bits per heavy atom. The molecule has 2 aliphatic rings. The van der Waals surface area contributed by atoms with Crippen LogP contribution in [0.1, 0.15) is 37.5 Å². The first-order valence-electron chi connectivity index (χ1n) is 17.5. The zero-order valence-electron chi connectivity index (χ0n) is 32.1. The summed E-state index contributed by atoms with van der Waals surface area (Å²) in [6, 6.07) is 16.5. The Hall–Kier alpha value is -4.78. The average Bonchev–Trinajstić information content (AvgIpc) is 3.47. The first-order valence-corrected chi connectivity index (χ1v) is 20.0. The highest BCUT2D eigenvalue weighted by Crippen LogP contribution is 2.45. The van der Waals surface area contributed by atoms with Crippen molar-refractivity contribution in [1.82, 2.24) is 9.80 Å². The summed E-state index contributed by atoms with van der Waals surface area (Å²) >= 11 is 7.85. The van der Waals surface area contributed by atoms with Crippen LogP contribution in [0.15, 0.2) is 65.7 Å². The fourth-order valence-corrected chi connectivity index (χ4v) is 9.90. The van der Waals surface area contributed by atoms with E-state index in [1.165, 1.54) is 18.0 Å². The topological polar surface area (TPSA) is 186 Å². The molecule has 2 aliphatic heterocycles. The van der Waals surface area contributed by atoms with Gasteiger partial charge in [0.2, 0.25) is 9.99 Å². The normalized spacial score (nSPS) is 20.2. The van der Waals surface area contributed by atoms with E-state index in [0.717, 1.165) is 27.8 Å². The summed E-state index contributed by atoms with van der Waals surface area (Å²) in [6.45, 7) is 4.43. The summed E-state index contributed by atoms with van der Waals surface area (Å²) in [4.78, 5) is 59.7. The summed E-state index contributed by atoms with van der Waals surface area (Å²) in [5.74, 6) is -0.864. The fourth-order valence-electron chi connectivity index (χ4n) is 5.93. The SMILES string of the molecule is [B]OC(=O)C1(SCCN(C(=O)OC(C)(C)C)C(=O)C(=NC)c2ccc(OCc3ccc(OC)cc3)c(OCc3ccc(OC)cc3)c2Cl)CN2C(=O)[C@@H](N)[C@H]2S1=O. The third kappa shape index (κ3) is 9.35. The zero-order valence-corrected chi connectivity index (χ0v) is 34.5. The highest BCUT2D eigenvalue weighted by atomic mass is 35.5. The quantitative estimate of drug-likeness (QED) is 0.132. The molecule has 302 valence electrons. The number of imide groups is 1. The average molecular weight is 841 g/mol. The molecule has 15 nitrogen and oxygen atoms in total. The van der Waals surface area contributed by atoms with Crippen LogP contribution in [0.3, 0.4) is 0 Å². The third-order valence-corrected chi connectivity index (χ3v) is 13.2. The molecule has 2 radical (unpaired) electrons. The number of benzene rings is 3. The number of thioether (sulfide) groups is 1. The summed E-state index contributed by atoms with van der Waals surface area (Å²) in [5.41, 5.74) is 6.36. The number of nitrogens with two attached hydrogens (primary N) is 1. The van der Waals surface area contributed by atoms with Crippen LogP contribution in [-0.4, -0.2) is 113 Å². The number of rotatable bonds is 15. The maximum atomic E-state index is 14.4. The van der Waals surface area contributed by atoms with E-state index >= 15 is 0 Å². The molecule has 5 rings (SSSR count). The number of hydrogen-bond acceptors (Lipinski definition) is 14. The number of amides is 3. The van der Waals surface area contributed by atoms with Gasteiger partial charge in [0.25, 0.3) is 5.91 Å². The number of β-lactam (4-membered cyclic amide) rings is 1. The van der Waals surface area contributed by atoms with Crippen LogP contribution in [0.4, 0.5) is 4.79 Å². The number of carbonyl (C=O) groups is 4. The van der Waals surface area contributed by atoms with Crippen LogP contribution in [0.25, 0.3) is 0 Å². The molecule has 4 atom stereocenters. The van der Waals surface area contributed by atoms with Crippen molar-refractivity contribution < 1.29 is 51.7 Å².